The summed E-state index contributed by atoms with van der Waals surface area (Å²) in [5, 5.41) is 9.08. The first-order valence-electron chi connectivity index (χ1n) is 4.96. The van der Waals surface area contributed by atoms with E-state index in [-0.39, 0.29) is 23.5 Å². The number of ether oxygens (including phenoxy) is 1. The van der Waals surface area contributed by atoms with Crippen LogP contribution in [0.25, 0.3) is 0 Å². The molecule has 3 N–H and O–H groups in total. The summed E-state index contributed by atoms with van der Waals surface area (Å²) in [5.74, 6) is -0.810. The molecular weight excluding hydrogens is 287 g/mol. The molecule has 1 aromatic rings. The number of carbonyl (C=O) groups is 1. The van der Waals surface area contributed by atoms with Gasteiger partial charge in [-0.05, 0) is 11.6 Å². The second kappa shape index (κ2) is 6.74. The Kier molecular flexibility index (Phi) is 6.28. The molecule has 0 radical (unpaired) electrons. The van der Waals surface area contributed by atoms with Gasteiger partial charge in [0.15, 0.2) is 6.10 Å². The molecule has 19 heavy (non-hydrogen) atoms. The van der Waals surface area contributed by atoms with Crippen molar-refractivity contribution in [2.24, 2.45) is 5.73 Å². The number of nitrogens with two attached hydrogens (primary N) is 1. The molecule has 0 fully saturated rings. The molecule has 1 rings (SSSR count). The van der Waals surface area contributed by atoms with E-state index in [9.17, 15) is 18.0 Å². The van der Waals surface area contributed by atoms with Crippen LogP contribution in [0, 0.1) is 0 Å². The molecule has 0 bridgehead atoms. The van der Waals surface area contributed by atoms with Gasteiger partial charge in [-0.1, -0.05) is 18.2 Å². The Hall–Kier alpha value is -1.31. The molecule has 1 aromatic carbocycles. The van der Waals surface area contributed by atoms with Crippen molar-refractivity contribution in [3.8, 4) is 0 Å². The molecule has 0 amide bonds. The maximum atomic E-state index is 12.4. The largest absolute Gasteiger partial charge is 0.465 e. The monoisotopic (exact) mass is 299 g/mol. The van der Waals surface area contributed by atoms with Crippen LogP contribution in [-0.2, 0) is 4.74 Å². The van der Waals surface area contributed by atoms with E-state index in [2.05, 4.69) is 4.74 Å². The molecule has 0 heterocycles. The molecule has 0 aliphatic rings. The van der Waals surface area contributed by atoms with Crippen LogP contribution in [0.1, 0.15) is 22.0 Å². The Morgan fingerprint density at radius 1 is 1.37 bits per heavy atom. The highest BCUT2D eigenvalue weighted by atomic mass is 35.5. The second-order valence-electron chi connectivity index (χ2n) is 3.59. The van der Waals surface area contributed by atoms with E-state index in [4.69, 9.17) is 10.8 Å². The normalized spacial score (nSPS) is 14.2. The van der Waals surface area contributed by atoms with E-state index in [0.29, 0.717) is 0 Å². The zero-order valence-electron chi connectivity index (χ0n) is 9.85. The average molecular weight is 300 g/mol. The van der Waals surface area contributed by atoms with Gasteiger partial charge in [0.2, 0.25) is 0 Å². The zero-order chi connectivity index (χ0) is 13.9. The van der Waals surface area contributed by atoms with Gasteiger partial charge in [-0.2, -0.15) is 13.2 Å². The van der Waals surface area contributed by atoms with Gasteiger partial charge < -0.3 is 15.6 Å². The lowest BCUT2D eigenvalue weighted by Crippen LogP contribution is -2.39. The predicted molar refractivity (Wildman–Crippen MR) is 64.0 cm³/mol. The average Bonchev–Trinajstić information content (AvgIpc) is 2.35. The highest BCUT2D eigenvalue weighted by Gasteiger charge is 2.43. The van der Waals surface area contributed by atoms with Crippen molar-refractivity contribution >= 4 is 18.4 Å². The number of benzene rings is 1. The highest BCUT2D eigenvalue weighted by molar-refractivity contribution is 5.91. The number of methoxy groups -OCH3 is 1. The van der Waals surface area contributed by atoms with Crippen molar-refractivity contribution in [2.75, 3.05) is 7.11 Å². The van der Waals surface area contributed by atoms with Crippen molar-refractivity contribution in [3.63, 3.8) is 0 Å². The standard InChI is InChI=1S/C11H12F3NO3.ClH/c1-18-10(17)7-5-3-2-4-6(7)8(15)9(16)11(12,13)14;/h2-5,8-9,16H,15H2,1H3;1H/t8-,9-;/m1./s1. The predicted octanol–water partition coefficient (Wildman–Crippen LogP) is 1.82. The minimum atomic E-state index is -4.86. The third-order valence-electron chi connectivity index (χ3n) is 2.40. The zero-order valence-corrected chi connectivity index (χ0v) is 10.7. The van der Waals surface area contributed by atoms with E-state index in [1.165, 1.54) is 24.3 Å². The van der Waals surface area contributed by atoms with Crippen molar-refractivity contribution in [1.29, 1.82) is 0 Å². The summed E-state index contributed by atoms with van der Waals surface area (Å²) < 4.78 is 41.5. The summed E-state index contributed by atoms with van der Waals surface area (Å²) in [7, 11) is 1.10. The van der Waals surface area contributed by atoms with Gasteiger partial charge >= 0.3 is 12.1 Å². The molecule has 0 aliphatic heterocycles. The summed E-state index contributed by atoms with van der Waals surface area (Å²) >= 11 is 0. The Balaban J connectivity index is 0.00000324. The minimum absolute atomic E-state index is 0. The van der Waals surface area contributed by atoms with Crippen molar-refractivity contribution in [3.05, 3.63) is 35.4 Å². The van der Waals surface area contributed by atoms with Gasteiger partial charge in [0.1, 0.15) is 0 Å². The Labute approximate surface area is 113 Å². The van der Waals surface area contributed by atoms with E-state index in [0.717, 1.165) is 7.11 Å². The number of alkyl halides is 3. The van der Waals surface area contributed by atoms with Gasteiger partial charge in [0, 0.05) is 0 Å². The molecule has 0 spiro atoms. The fraction of sp³-hybridized carbons (Fsp3) is 0.364. The summed E-state index contributed by atoms with van der Waals surface area (Å²) in [6.45, 7) is 0. The third-order valence-corrected chi connectivity index (χ3v) is 2.40. The van der Waals surface area contributed by atoms with Crippen LogP contribution in [0.5, 0.6) is 0 Å². The van der Waals surface area contributed by atoms with Crippen molar-refractivity contribution < 1.29 is 27.8 Å². The van der Waals surface area contributed by atoms with Crippen LogP contribution < -0.4 is 5.73 Å². The molecule has 0 unspecified atom stereocenters. The number of esters is 1. The van der Waals surface area contributed by atoms with Crippen molar-refractivity contribution in [1.82, 2.24) is 0 Å². The van der Waals surface area contributed by atoms with Crippen LogP contribution >= 0.6 is 12.4 Å². The maximum absolute atomic E-state index is 12.4. The SMILES string of the molecule is COC(=O)c1ccccc1[C@@H](N)[C@@H](O)C(F)(F)F.Cl. The molecule has 2 atom stereocenters. The van der Waals surface area contributed by atoms with Crippen molar-refractivity contribution in [2.45, 2.75) is 18.3 Å². The molecular formula is C11H13ClF3NO3. The molecule has 0 saturated heterocycles. The minimum Gasteiger partial charge on any atom is -0.465 e. The number of hydrogen-bond acceptors (Lipinski definition) is 4. The van der Waals surface area contributed by atoms with Gasteiger partial charge in [-0.3, -0.25) is 0 Å². The van der Waals surface area contributed by atoms with Crippen LogP contribution in [0.15, 0.2) is 24.3 Å². The lowest BCUT2D eigenvalue weighted by Gasteiger charge is -2.23. The van der Waals surface area contributed by atoms with Gasteiger partial charge in [-0.15, -0.1) is 12.4 Å². The first kappa shape index (κ1) is 17.7. The maximum Gasteiger partial charge on any atom is 0.416 e. The van der Waals surface area contributed by atoms with Crippen LogP contribution in [0.2, 0.25) is 0 Å². The van der Waals surface area contributed by atoms with E-state index in [1.807, 2.05) is 0 Å². The molecule has 108 valence electrons. The van der Waals surface area contributed by atoms with Gasteiger partial charge in [0.05, 0.1) is 18.7 Å². The second-order valence-corrected chi connectivity index (χ2v) is 3.59. The number of hydrogen-bond donors (Lipinski definition) is 2. The Bertz CT molecular complexity index is 439. The molecule has 8 heteroatoms. The van der Waals surface area contributed by atoms with Crippen LogP contribution in [0.4, 0.5) is 13.2 Å². The van der Waals surface area contributed by atoms with Gasteiger partial charge in [0.25, 0.3) is 0 Å². The quantitative estimate of drug-likeness (QED) is 0.835. The Morgan fingerprint density at radius 2 is 1.89 bits per heavy atom. The van der Waals surface area contributed by atoms with E-state index < -0.39 is 24.3 Å². The third kappa shape index (κ3) is 4.09. The first-order chi connectivity index (χ1) is 8.29. The Morgan fingerprint density at radius 3 is 2.37 bits per heavy atom. The highest BCUT2D eigenvalue weighted by Crippen LogP contribution is 2.30. The molecule has 0 aromatic heterocycles. The molecule has 0 aliphatic carbocycles. The number of aliphatic hydroxyl groups is 1. The topological polar surface area (TPSA) is 72.5 Å². The lowest BCUT2D eigenvalue weighted by molar-refractivity contribution is -0.210. The molecule has 4 nitrogen and oxygen atoms in total. The fourth-order valence-corrected chi connectivity index (χ4v) is 1.46. The fourth-order valence-electron chi connectivity index (χ4n) is 1.46. The number of aliphatic hydroxyl groups excluding tert-OH is 1. The molecule has 0 saturated carbocycles. The smallest absolute Gasteiger partial charge is 0.416 e. The number of carbonyl (C=O) groups excluding carboxylic acids is 1. The lowest BCUT2D eigenvalue weighted by atomic mass is 9.96. The van der Waals surface area contributed by atoms with E-state index >= 15 is 0 Å². The first-order valence-corrected chi connectivity index (χ1v) is 4.96. The number of rotatable bonds is 3. The van der Waals surface area contributed by atoms with Crippen LogP contribution in [-0.4, -0.2) is 30.5 Å². The van der Waals surface area contributed by atoms with Gasteiger partial charge in [-0.25, -0.2) is 4.79 Å². The summed E-state index contributed by atoms with van der Waals surface area (Å²) in [4.78, 5) is 11.4. The van der Waals surface area contributed by atoms with E-state index in [1.54, 1.807) is 0 Å². The van der Waals surface area contributed by atoms with Crippen LogP contribution in [0.3, 0.4) is 0 Å². The number of halogens is 4. The summed E-state index contributed by atoms with van der Waals surface area (Å²) in [5.41, 5.74) is 5.12. The summed E-state index contributed by atoms with van der Waals surface area (Å²) in [6.07, 6.45) is -7.61. The summed E-state index contributed by atoms with van der Waals surface area (Å²) in [6, 6.07) is 3.66.